The number of piperidine rings is 1. The van der Waals surface area contributed by atoms with Crippen LogP contribution in [0.5, 0.6) is 5.75 Å². The van der Waals surface area contributed by atoms with Crippen molar-refractivity contribution in [3.05, 3.63) is 29.8 Å². The summed E-state index contributed by atoms with van der Waals surface area (Å²) >= 11 is 0. The van der Waals surface area contributed by atoms with Gasteiger partial charge < -0.3 is 19.7 Å². The van der Waals surface area contributed by atoms with Gasteiger partial charge in [0, 0.05) is 25.3 Å². The van der Waals surface area contributed by atoms with Gasteiger partial charge in [-0.05, 0) is 50.6 Å². The zero-order valence-corrected chi connectivity index (χ0v) is 15.4. The third kappa shape index (κ3) is 5.96. The van der Waals surface area contributed by atoms with Crippen molar-refractivity contribution in [2.75, 3.05) is 40.0 Å². The fourth-order valence-electron chi connectivity index (χ4n) is 2.94. The van der Waals surface area contributed by atoms with Crippen LogP contribution in [0, 0.1) is 0 Å². The van der Waals surface area contributed by atoms with E-state index in [4.69, 9.17) is 9.47 Å². The molecule has 0 spiro atoms. The van der Waals surface area contributed by atoms with Crippen LogP contribution in [0.15, 0.2) is 24.3 Å². The zero-order valence-electron chi connectivity index (χ0n) is 14.6. The van der Waals surface area contributed by atoms with Gasteiger partial charge in [0.1, 0.15) is 12.4 Å². The molecule has 1 amide bonds. The standard InChI is InChI=1S/C18H28N2O3.ClH/c1-3-11-20(16-7-9-19-10-8-16)18(21)15-5-4-6-17(14-15)23-13-12-22-2;/h4-6,14,16,19H,3,7-13H2,1-2H3;1H. The van der Waals surface area contributed by atoms with Gasteiger partial charge in [-0.3, -0.25) is 4.79 Å². The number of hydrogen-bond acceptors (Lipinski definition) is 4. The molecule has 1 fully saturated rings. The molecule has 0 bridgehead atoms. The van der Waals surface area contributed by atoms with Crippen molar-refractivity contribution >= 4 is 18.3 Å². The Kier molecular flexibility index (Phi) is 9.76. The second-order valence-corrected chi connectivity index (χ2v) is 5.85. The van der Waals surface area contributed by atoms with Crippen LogP contribution >= 0.6 is 12.4 Å². The van der Waals surface area contributed by atoms with Gasteiger partial charge in [0.25, 0.3) is 5.91 Å². The normalized spacial score (nSPS) is 14.8. The number of amides is 1. The summed E-state index contributed by atoms with van der Waals surface area (Å²) in [5, 5.41) is 3.36. The largest absolute Gasteiger partial charge is 0.491 e. The molecule has 0 radical (unpaired) electrons. The van der Waals surface area contributed by atoms with Crippen molar-refractivity contribution in [2.24, 2.45) is 0 Å². The predicted molar refractivity (Wildman–Crippen MR) is 98.3 cm³/mol. The molecule has 5 nitrogen and oxygen atoms in total. The Morgan fingerprint density at radius 1 is 1.29 bits per heavy atom. The van der Waals surface area contributed by atoms with Gasteiger partial charge in [0.15, 0.2) is 0 Å². The topological polar surface area (TPSA) is 50.8 Å². The molecule has 1 aromatic rings. The molecule has 6 heteroatoms. The molecule has 0 aromatic heterocycles. The molecule has 1 aliphatic heterocycles. The molecular formula is C18H29ClN2O3. The molecule has 0 atom stereocenters. The number of hydrogen-bond donors (Lipinski definition) is 1. The summed E-state index contributed by atoms with van der Waals surface area (Å²) in [4.78, 5) is 15.0. The van der Waals surface area contributed by atoms with E-state index in [0.717, 1.165) is 44.6 Å². The lowest BCUT2D eigenvalue weighted by atomic mass is 10.0. The van der Waals surface area contributed by atoms with Crippen LogP contribution in [0.25, 0.3) is 0 Å². The van der Waals surface area contributed by atoms with E-state index in [-0.39, 0.29) is 18.3 Å². The van der Waals surface area contributed by atoms with Crippen LogP contribution in [0.4, 0.5) is 0 Å². The molecule has 0 aliphatic carbocycles. The van der Waals surface area contributed by atoms with Crippen LogP contribution < -0.4 is 10.1 Å². The Balaban J connectivity index is 0.00000288. The summed E-state index contributed by atoms with van der Waals surface area (Å²) in [6.45, 7) is 5.91. The number of nitrogens with zero attached hydrogens (tertiary/aromatic N) is 1. The number of nitrogens with one attached hydrogen (secondary N) is 1. The maximum absolute atomic E-state index is 12.9. The molecule has 1 aromatic carbocycles. The summed E-state index contributed by atoms with van der Waals surface area (Å²) in [6.07, 6.45) is 3.02. The van der Waals surface area contributed by atoms with E-state index in [0.29, 0.717) is 24.8 Å². The number of halogens is 1. The van der Waals surface area contributed by atoms with Gasteiger partial charge in [-0.25, -0.2) is 0 Å². The summed E-state index contributed by atoms with van der Waals surface area (Å²) in [6, 6.07) is 7.79. The molecule has 2 rings (SSSR count). The van der Waals surface area contributed by atoms with Crippen LogP contribution in [-0.2, 0) is 4.74 Å². The van der Waals surface area contributed by atoms with Gasteiger partial charge >= 0.3 is 0 Å². The smallest absolute Gasteiger partial charge is 0.254 e. The first-order chi connectivity index (χ1) is 11.3. The van der Waals surface area contributed by atoms with E-state index < -0.39 is 0 Å². The molecule has 1 N–H and O–H groups in total. The average molecular weight is 357 g/mol. The Labute approximate surface area is 151 Å². The molecule has 1 heterocycles. The van der Waals surface area contributed by atoms with Crippen molar-refractivity contribution < 1.29 is 14.3 Å². The highest BCUT2D eigenvalue weighted by atomic mass is 35.5. The molecule has 0 saturated carbocycles. The first-order valence-electron chi connectivity index (χ1n) is 8.49. The highest BCUT2D eigenvalue weighted by Gasteiger charge is 2.25. The third-order valence-electron chi connectivity index (χ3n) is 4.11. The minimum atomic E-state index is 0. The number of rotatable bonds is 8. The van der Waals surface area contributed by atoms with E-state index in [1.165, 1.54) is 0 Å². The van der Waals surface area contributed by atoms with Crippen LogP contribution in [-0.4, -0.2) is 56.8 Å². The number of methoxy groups -OCH3 is 1. The predicted octanol–water partition coefficient (Wildman–Crippen LogP) is 2.74. The molecule has 0 unspecified atom stereocenters. The van der Waals surface area contributed by atoms with Crippen molar-refractivity contribution in [2.45, 2.75) is 32.2 Å². The minimum Gasteiger partial charge on any atom is -0.491 e. The first kappa shape index (κ1) is 20.7. The van der Waals surface area contributed by atoms with E-state index in [1.807, 2.05) is 29.2 Å². The highest BCUT2D eigenvalue weighted by Crippen LogP contribution is 2.19. The Hall–Kier alpha value is -1.30. The number of carbonyl (C=O) groups is 1. The van der Waals surface area contributed by atoms with Crippen molar-refractivity contribution in [3.8, 4) is 5.75 Å². The van der Waals surface area contributed by atoms with Gasteiger partial charge in [-0.2, -0.15) is 0 Å². The summed E-state index contributed by atoms with van der Waals surface area (Å²) in [7, 11) is 1.64. The summed E-state index contributed by atoms with van der Waals surface area (Å²) in [5.74, 6) is 0.825. The minimum absolute atomic E-state index is 0. The van der Waals surface area contributed by atoms with E-state index in [1.54, 1.807) is 7.11 Å². The van der Waals surface area contributed by atoms with E-state index in [2.05, 4.69) is 12.2 Å². The zero-order chi connectivity index (χ0) is 16.5. The lowest BCUT2D eigenvalue weighted by Gasteiger charge is -2.34. The first-order valence-corrected chi connectivity index (χ1v) is 8.49. The van der Waals surface area contributed by atoms with Crippen molar-refractivity contribution in [1.82, 2.24) is 10.2 Å². The Morgan fingerprint density at radius 2 is 2.04 bits per heavy atom. The summed E-state index contributed by atoms with van der Waals surface area (Å²) < 4.78 is 10.6. The molecule has 24 heavy (non-hydrogen) atoms. The van der Waals surface area contributed by atoms with Gasteiger partial charge in [-0.15, -0.1) is 12.4 Å². The Morgan fingerprint density at radius 3 is 2.71 bits per heavy atom. The van der Waals surface area contributed by atoms with Crippen LogP contribution in [0.1, 0.15) is 36.5 Å². The van der Waals surface area contributed by atoms with Crippen LogP contribution in [0.3, 0.4) is 0 Å². The lowest BCUT2D eigenvalue weighted by molar-refractivity contribution is 0.0642. The van der Waals surface area contributed by atoms with Crippen molar-refractivity contribution in [3.63, 3.8) is 0 Å². The molecule has 136 valence electrons. The third-order valence-corrected chi connectivity index (χ3v) is 4.11. The molecular weight excluding hydrogens is 328 g/mol. The SMILES string of the molecule is CCCN(C(=O)c1cccc(OCCOC)c1)C1CCNCC1.Cl. The monoisotopic (exact) mass is 356 g/mol. The van der Waals surface area contributed by atoms with Gasteiger partial charge in [0.2, 0.25) is 0 Å². The average Bonchev–Trinajstić information content (AvgIpc) is 2.60. The fourth-order valence-corrected chi connectivity index (χ4v) is 2.94. The highest BCUT2D eigenvalue weighted by molar-refractivity contribution is 5.94. The van der Waals surface area contributed by atoms with Gasteiger partial charge in [0.05, 0.1) is 6.61 Å². The quantitative estimate of drug-likeness (QED) is 0.728. The van der Waals surface area contributed by atoms with Crippen LogP contribution in [0.2, 0.25) is 0 Å². The maximum Gasteiger partial charge on any atom is 0.254 e. The lowest BCUT2D eigenvalue weighted by Crippen LogP contribution is -2.46. The number of carbonyl (C=O) groups excluding carboxylic acids is 1. The molecule has 1 saturated heterocycles. The molecule has 1 aliphatic rings. The summed E-state index contributed by atoms with van der Waals surface area (Å²) in [5.41, 5.74) is 0.701. The number of benzene rings is 1. The number of ether oxygens (including phenoxy) is 2. The van der Waals surface area contributed by atoms with E-state index >= 15 is 0 Å². The Bertz CT molecular complexity index is 493. The second kappa shape index (κ2) is 11.3. The van der Waals surface area contributed by atoms with Crippen molar-refractivity contribution in [1.29, 1.82) is 0 Å². The maximum atomic E-state index is 12.9. The van der Waals surface area contributed by atoms with E-state index in [9.17, 15) is 4.79 Å². The van der Waals surface area contributed by atoms with Gasteiger partial charge in [-0.1, -0.05) is 13.0 Å². The fraction of sp³-hybridized carbons (Fsp3) is 0.611. The second-order valence-electron chi connectivity index (χ2n) is 5.85.